The molecule has 166 valence electrons. The molecule has 0 radical (unpaired) electrons. The van der Waals surface area contributed by atoms with Gasteiger partial charge in [0, 0.05) is 38.3 Å². The number of nitrogens with zero attached hydrogens (tertiary/aromatic N) is 3. The maximum atomic E-state index is 13.1. The average Bonchev–Trinajstić information content (AvgIpc) is 2.77. The first-order valence-electron chi connectivity index (χ1n) is 11.0. The highest BCUT2D eigenvalue weighted by Gasteiger charge is 2.26. The number of piperidine rings is 1. The third kappa shape index (κ3) is 5.44. The van der Waals surface area contributed by atoms with E-state index in [4.69, 9.17) is 5.73 Å². The number of likely N-dealkylation sites (N-methyl/N-ethyl adjacent to an activating group) is 1. The number of carbonyl (C=O) groups is 2. The molecule has 1 aliphatic rings. The predicted octanol–water partition coefficient (Wildman–Crippen LogP) is 3.60. The molecule has 6 nitrogen and oxygen atoms in total. The van der Waals surface area contributed by atoms with E-state index in [9.17, 15) is 9.59 Å². The lowest BCUT2D eigenvalue weighted by Crippen LogP contribution is -2.46. The molecule has 0 aromatic heterocycles. The van der Waals surface area contributed by atoms with Crippen molar-refractivity contribution in [2.24, 2.45) is 5.73 Å². The van der Waals surface area contributed by atoms with E-state index in [0.717, 1.165) is 55.7 Å². The van der Waals surface area contributed by atoms with E-state index in [0.29, 0.717) is 11.6 Å². The van der Waals surface area contributed by atoms with Gasteiger partial charge in [-0.05, 0) is 69.0 Å². The number of aryl methyl sites for hydroxylation is 2. The molecule has 3 rings (SSSR count). The number of hydrogen-bond donors (Lipinski definition) is 1. The molecule has 0 aliphatic carbocycles. The molecule has 1 fully saturated rings. The van der Waals surface area contributed by atoms with Crippen LogP contribution in [0.3, 0.4) is 0 Å². The fraction of sp³-hybridized carbons (Fsp3) is 0.440. The number of primary amides is 1. The summed E-state index contributed by atoms with van der Waals surface area (Å²) in [6, 6.07) is 14.3. The number of rotatable bonds is 6. The maximum Gasteiger partial charge on any atom is 0.319 e. The van der Waals surface area contributed by atoms with Crippen LogP contribution >= 0.6 is 0 Å². The van der Waals surface area contributed by atoms with Gasteiger partial charge in [-0.2, -0.15) is 0 Å². The van der Waals surface area contributed by atoms with Gasteiger partial charge in [-0.3, -0.25) is 9.69 Å². The number of benzene rings is 2. The van der Waals surface area contributed by atoms with Crippen molar-refractivity contribution in [3.8, 4) is 0 Å². The number of likely N-dealkylation sites (tertiary alicyclic amines) is 1. The quantitative estimate of drug-likeness (QED) is 0.773. The molecule has 0 spiro atoms. The molecule has 0 saturated carbocycles. The second kappa shape index (κ2) is 9.96. The first kappa shape index (κ1) is 22.8. The van der Waals surface area contributed by atoms with Gasteiger partial charge in [0.1, 0.15) is 0 Å². The van der Waals surface area contributed by atoms with Gasteiger partial charge < -0.3 is 15.5 Å². The van der Waals surface area contributed by atoms with E-state index < -0.39 is 6.03 Å². The minimum absolute atomic E-state index is 0.0601. The Kier molecular flexibility index (Phi) is 7.33. The molecule has 2 aromatic rings. The number of urea groups is 1. The Labute approximate surface area is 185 Å². The molecule has 2 aromatic carbocycles. The SMILES string of the molecule is Cc1cc(C(=O)N2CCC(N(C)CCc3ccccc3)CC2)cc(C)c1N(C)C(N)=O. The minimum atomic E-state index is -0.510. The highest BCUT2D eigenvalue weighted by Crippen LogP contribution is 2.27. The van der Waals surface area contributed by atoms with Crippen LogP contribution in [0, 0.1) is 13.8 Å². The van der Waals surface area contributed by atoms with Crippen molar-refractivity contribution < 1.29 is 9.59 Å². The van der Waals surface area contributed by atoms with E-state index in [1.165, 1.54) is 10.5 Å². The zero-order valence-electron chi connectivity index (χ0n) is 19.1. The number of carbonyl (C=O) groups excluding carboxylic acids is 2. The Hall–Kier alpha value is -2.86. The number of amides is 3. The minimum Gasteiger partial charge on any atom is -0.351 e. The molecule has 1 saturated heterocycles. The Bertz CT molecular complexity index is 897. The zero-order chi connectivity index (χ0) is 22.5. The summed E-state index contributed by atoms with van der Waals surface area (Å²) >= 11 is 0. The second-order valence-corrected chi connectivity index (χ2v) is 8.60. The summed E-state index contributed by atoms with van der Waals surface area (Å²) in [5.74, 6) is 0.0601. The van der Waals surface area contributed by atoms with Crippen LogP contribution in [-0.4, -0.2) is 61.5 Å². The van der Waals surface area contributed by atoms with E-state index in [2.05, 4.69) is 36.2 Å². The van der Waals surface area contributed by atoms with Gasteiger partial charge in [0.15, 0.2) is 0 Å². The molecular formula is C25H34N4O2. The molecule has 2 N–H and O–H groups in total. The normalized spacial score (nSPS) is 14.7. The molecule has 3 amide bonds. The number of anilines is 1. The van der Waals surface area contributed by atoms with Crippen molar-refractivity contribution in [2.45, 2.75) is 39.2 Å². The fourth-order valence-electron chi connectivity index (χ4n) is 4.54. The Balaban J connectivity index is 1.58. The topological polar surface area (TPSA) is 69.9 Å². The fourth-order valence-corrected chi connectivity index (χ4v) is 4.54. The monoisotopic (exact) mass is 422 g/mol. The van der Waals surface area contributed by atoms with Crippen LogP contribution in [-0.2, 0) is 6.42 Å². The molecule has 0 atom stereocenters. The zero-order valence-corrected chi connectivity index (χ0v) is 19.1. The molecule has 1 aliphatic heterocycles. The highest BCUT2D eigenvalue weighted by molar-refractivity contribution is 5.97. The molecule has 0 bridgehead atoms. The van der Waals surface area contributed by atoms with Gasteiger partial charge in [0.2, 0.25) is 0 Å². The number of hydrogen-bond acceptors (Lipinski definition) is 3. The van der Waals surface area contributed by atoms with Crippen molar-refractivity contribution in [3.63, 3.8) is 0 Å². The third-order valence-corrected chi connectivity index (χ3v) is 6.38. The predicted molar refractivity (Wildman–Crippen MR) is 126 cm³/mol. The van der Waals surface area contributed by atoms with Gasteiger partial charge in [-0.15, -0.1) is 0 Å². The van der Waals surface area contributed by atoms with Crippen LogP contribution in [0.25, 0.3) is 0 Å². The van der Waals surface area contributed by atoms with Crippen LogP contribution in [0.5, 0.6) is 0 Å². The van der Waals surface area contributed by atoms with E-state index in [1.807, 2.05) is 36.9 Å². The lowest BCUT2D eigenvalue weighted by atomic mass is 9.99. The van der Waals surface area contributed by atoms with Crippen LogP contribution in [0.1, 0.15) is 39.9 Å². The van der Waals surface area contributed by atoms with E-state index in [1.54, 1.807) is 7.05 Å². The highest BCUT2D eigenvalue weighted by atomic mass is 16.2. The summed E-state index contributed by atoms with van der Waals surface area (Å²) in [6.45, 7) is 6.37. The Morgan fingerprint density at radius 2 is 1.61 bits per heavy atom. The Morgan fingerprint density at radius 1 is 1.03 bits per heavy atom. The smallest absolute Gasteiger partial charge is 0.319 e. The molecule has 31 heavy (non-hydrogen) atoms. The molecule has 1 heterocycles. The van der Waals surface area contributed by atoms with Gasteiger partial charge in [-0.1, -0.05) is 30.3 Å². The van der Waals surface area contributed by atoms with Crippen molar-refractivity contribution >= 4 is 17.6 Å². The van der Waals surface area contributed by atoms with Crippen molar-refractivity contribution in [2.75, 3.05) is 38.6 Å². The van der Waals surface area contributed by atoms with Gasteiger partial charge >= 0.3 is 6.03 Å². The van der Waals surface area contributed by atoms with Crippen LogP contribution < -0.4 is 10.6 Å². The average molecular weight is 423 g/mol. The first-order valence-corrected chi connectivity index (χ1v) is 11.0. The van der Waals surface area contributed by atoms with Gasteiger partial charge in [0.25, 0.3) is 5.91 Å². The standard InChI is InChI=1S/C25H34N4O2/c1-18-16-21(17-19(2)23(18)28(4)25(26)31)24(30)29-14-11-22(12-15-29)27(3)13-10-20-8-6-5-7-9-20/h5-9,16-17,22H,10-15H2,1-4H3,(H2,26,31). The van der Waals surface area contributed by atoms with E-state index in [-0.39, 0.29) is 5.91 Å². The van der Waals surface area contributed by atoms with Crippen molar-refractivity contribution in [1.29, 1.82) is 0 Å². The summed E-state index contributed by atoms with van der Waals surface area (Å²) in [6.07, 6.45) is 3.01. The number of nitrogens with two attached hydrogens (primary N) is 1. The lowest BCUT2D eigenvalue weighted by molar-refractivity contribution is 0.0646. The van der Waals surface area contributed by atoms with Crippen LogP contribution in [0.15, 0.2) is 42.5 Å². The lowest BCUT2D eigenvalue weighted by Gasteiger charge is -2.37. The van der Waals surface area contributed by atoms with Crippen LogP contribution in [0.2, 0.25) is 0 Å². The van der Waals surface area contributed by atoms with Gasteiger partial charge in [-0.25, -0.2) is 4.79 Å². The summed E-state index contributed by atoms with van der Waals surface area (Å²) in [5, 5.41) is 0. The van der Waals surface area contributed by atoms with Crippen molar-refractivity contribution in [1.82, 2.24) is 9.80 Å². The van der Waals surface area contributed by atoms with E-state index >= 15 is 0 Å². The summed E-state index contributed by atoms with van der Waals surface area (Å²) in [7, 11) is 3.84. The molecule has 6 heteroatoms. The Morgan fingerprint density at radius 3 is 2.16 bits per heavy atom. The molecular weight excluding hydrogens is 388 g/mol. The first-order chi connectivity index (χ1) is 14.8. The maximum absolute atomic E-state index is 13.1. The summed E-state index contributed by atoms with van der Waals surface area (Å²) in [5.41, 5.74) is 9.97. The molecule has 0 unspecified atom stereocenters. The third-order valence-electron chi connectivity index (χ3n) is 6.38. The summed E-state index contributed by atoms with van der Waals surface area (Å²) in [4.78, 5) is 30.5. The van der Waals surface area contributed by atoms with Crippen molar-refractivity contribution in [3.05, 3.63) is 64.7 Å². The summed E-state index contributed by atoms with van der Waals surface area (Å²) < 4.78 is 0. The van der Waals surface area contributed by atoms with Gasteiger partial charge in [0.05, 0.1) is 5.69 Å². The van der Waals surface area contributed by atoms with Crippen LogP contribution in [0.4, 0.5) is 10.5 Å². The second-order valence-electron chi connectivity index (χ2n) is 8.60. The largest absolute Gasteiger partial charge is 0.351 e.